The molecule has 2 aliphatic heterocycles. The Morgan fingerprint density at radius 3 is 2.42 bits per heavy atom. The summed E-state index contributed by atoms with van der Waals surface area (Å²) in [4.78, 5) is 44.4. The zero-order valence-electron chi connectivity index (χ0n) is 20.1. The summed E-state index contributed by atoms with van der Waals surface area (Å²) in [5.41, 5.74) is 0.410. The predicted octanol–water partition coefficient (Wildman–Crippen LogP) is 2.82. The lowest BCUT2D eigenvalue weighted by Gasteiger charge is -2.41. The number of likely N-dealkylation sites (tertiary alicyclic amines) is 1. The maximum absolute atomic E-state index is 13.7. The number of nitrogens with one attached hydrogen (secondary N) is 1. The molecular formula is C25H35FN4O3. The largest absolute Gasteiger partial charge is 0.339 e. The van der Waals surface area contributed by atoms with Crippen LogP contribution >= 0.6 is 0 Å². The number of amides is 4. The summed E-state index contributed by atoms with van der Waals surface area (Å²) in [6, 6.07) is 5.71. The molecule has 1 unspecified atom stereocenters. The number of urea groups is 1. The first kappa shape index (κ1) is 24.9. The van der Waals surface area contributed by atoms with E-state index in [-0.39, 0.29) is 29.6 Å². The van der Waals surface area contributed by atoms with Gasteiger partial charge in [-0.2, -0.15) is 0 Å². The van der Waals surface area contributed by atoms with Crippen LogP contribution in [0, 0.1) is 11.7 Å². The highest BCUT2D eigenvalue weighted by atomic mass is 19.1. The third-order valence-corrected chi connectivity index (χ3v) is 6.83. The number of carbonyl (C=O) groups is 3. The molecule has 0 radical (unpaired) electrons. The average Bonchev–Trinajstić information content (AvgIpc) is 3.04. The molecule has 180 valence electrons. The van der Waals surface area contributed by atoms with E-state index in [2.05, 4.69) is 5.32 Å². The zero-order chi connectivity index (χ0) is 24.2. The minimum Gasteiger partial charge on any atom is -0.339 e. The quantitative estimate of drug-likeness (QED) is 0.480. The van der Waals surface area contributed by atoms with Crippen LogP contribution in [0.25, 0.3) is 0 Å². The minimum absolute atomic E-state index is 0.00984. The maximum atomic E-state index is 13.7. The summed E-state index contributed by atoms with van der Waals surface area (Å²) in [6.07, 6.45) is 4.02. The molecule has 7 nitrogen and oxygen atoms in total. The van der Waals surface area contributed by atoms with E-state index < -0.39 is 5.54 Å². The van der Waals surface area contributed by atoms with Gasteiger partial charge in [-0.3, -0.25) is 14.5 Å². The highest BCUT2D eigenvalue weighted by Gasteiger charge is 2.55. The smallest absolute Gasteiger partial charge is 0.325 e. The van der Waals surface area contributed by atoms with E-state index in [1.54, 1.807) is 25.1 Å². The van der Waals surface area contributed by atoms with Crippen LogP contribution in [-0.2, 0) is 16.0 Å². The van der Waals surface area contributed by atoms with Crippen molar-refractivity contribution in [1.29, 1.82) is 0 Å². The molecule has 2 aliphatic rings. The van der Waals surface area contributed by atoms with Crippen molar-refractivity contribution < 1.29 is 18.8 Å². The second-order valence-electron chi connectivity index (χ2n) is 9.36. The van der Waals surface area contributed by atoms with Gasteiger partial charge in [-0.25, -0.2) is 9.18 Å². The van der Waals surface area contributed by atoms with Gasteiger partial charge in [0, 0.05) is 31.6 Å². The van der Waals surface area contributed by atoms with Crippen molar-refractivity contribution >= 4 is 17.8 Å². The van der Waals surface area contributed by atoms with Crippen molar-refractivity contribution in [3.63, 3.8) is 0 Å². The highest BCUT2D eigenvalue weighted by Crippen LogP contribution is 2.37. The molecule has 8 heteroatoms. The fourth-order valence-corrected chi connectivity index (χ4v) is 4.81. The first-order valence-electron chi connectivity index (χ1n) is 11.6. The maximum Gasteiger partial charge on any atom is 0.325 e. The first-order valence-corrected chi connectivity index (χ1v) is 11.6. The van der Waals surface area contributed by atoms with Gasteiger partial charge in [0.2, 0.25) is 5.91 Å². The molecule has 0 bridgehead atoms. The molecule has 4 amide bonds. The molecule has 0 spiro atoms. The Balaban J connectivity index is 1.83. The summed E-state index contributed by atoms with van der Waals surface area (Å²) in [5.74, 6) is -0.667. The molecule has 1 aromatic carbocycles. The Hall–Kier alpha value is -2.74. The van der Waals surface area contributed by atoms with Crippen molar-refractivity contribution in [1.82, 2.24) is 20.0 Å². The Kier molecular flexibility index (Phi) is 7.89. The number of hydrogen-bond acceptors (Lipinski definition) is 4. The SMILES string of the molecule is C/C=C(\C)C(=O)N1CCC(C2(Cc3ccc(F)cc3)NC(=O)N(CCCN(C)C)C2=O)CC1. The zero-order valence-corrected chi connectivity index (χ0v) is 20.1. The lowest BCUT2D eigenvalue weighted by molar-refractivity contribution is -0.135. The number of nitrogens with zero attached hydrogens (tertiary/aromatic N) is 3. The summed E-state index contributed by atoms with van der Waals surface area (Å²) in [5, 5.41) is 3.03. The Labute approximate surface area is 195 Å². The van der Waals surface area contributed by atoms with Gasteiger partial charge < -0.3 is 15.1 Å². The number of benzene rings is 1. The number of imide groups is 1. The summed E-state index contributed by atoms with van der Waals surface area (Å²) < 4.78 is 13.5. The van der Waals surface area contributed by atoms with Crippen LogP contribution in [-0.4, -0.2) is 78.4 Å². The summed E-state index contributed by atoms with van der Waals surface area (Å²) in [7, 11) is 3.91. The van der Waals surface area contributed by atoms with Crippen molar-refractivity contribution in [3.8, 4) is 0 Å². The molecule has 33 heavy (non-hydrogen) atoms. The fraction of sp³-hybridized carbons (Fsp3) is 0.560. The Morgan fingerprint density at radius 2 is 1.85 bits per heavy atom. The number of allylic oxidation sites excluding steroid dienone is 1. The van der Waals surface area contributed by atoms with E-state index in [4.69, 9.17) is 0 Å². The summed E-state index contributed by atoms with van der Waals surface area (Å²) >= 11 is 0. The third kappa shape index (κ3) is 5.43. The summed E-state index contributed by atoms with van der Waals surface area (Å²) in [6.45, 7) is 5.83. The second-order valence-corrected chi connectivity index (χ2v) is 9.36. The number of carbonyl (C=O) groups excluding carboxylic acids is 3. The van der Waals surface area contributed by atoms with Crippen LogP contribution in [0.3, 0.4) is 0 Å². The van der Waals surface area contributed by atoms with E-state index in [1.807, 2.05) is 30.8 Å². The lowest BCUT2D eigenvalue weighted by atomic mass is 9.73. The molecular weight excluding hydrogens is 423 g/mol. The number of rotatable bonds is 8. The van der Waals surface area contributed by atoms with Gasteiger partial charge in [0.05, 0.1) is 0 Å². The number of halogens is 1. The average molecular weight is 459 g/mol. The minimum atomic E-state index is -1.09. The molecule has 2 heterocycles. The highest BCUT2D eigenvalue weighted by molar-refractivity contribution is 6.07. The molecule has 0 aromatic heterocycles. The van der Waals surface area contributed by atoms with Gasteiger partial charge >= 0.3 is 6.03 Å². The topological polar surface area (TPSA) is 73.0 Å². The van der Waals surface area contributed by atoms with Gasteiger partial charge in [-0.05, 0) is 77.4 Å². The van der Waals surface area contributed by atoms with Crippen LogP contribution < -0.4 is 5.32 Å². The second kappa shape index (κ2) is 10.5. The van der Waals surface area contributed by atoms with Gasteiger partial charge in [0.15, 0.2) is 0 Å². The number of piperidine rings is 1. The van der Waals surface area contributed by atoms with Crippen molar-refractivity contribution in [3.05, 3.63) is 47.3 Å². The van der Waals surface area contributed by atoms with E-state index in [1.165, 1.54) is 17.0 Å². The molecule has 0 aliphatic carbocycles. The van der Waals surface area contributed by atoms with E-state index in [0.717, 1.165) is 12.1 Å². The van der Waals surface area contributed by atoms with E-state index >= 15 is 0 Å². The standard InChI is InChI=1S/C25H35FN4O3/c1-5-18(2)22(31)29-15-11-20(12-16-29)25(17-19-7-9-21(26)10-8-19)23(32)30(24(33)27-25)14-6-13-28(3)4/h5,7-10,20H,6,11-17H2,1-4H3,(H,27,33)/b18-5+. The lowest BCUT2D eigenvalue weighted by Crippen LogP contribution is -2.58. The Morgan fingerprint density at radius 1 is 1.21 bits per heavy atom. The Bertz CT molecular complexity index is 907. The molecule has 2 saturated heterocycles. The molecule has 1 N–H and O–H groups in total. The van der Waals surface area contributed by atoms with Gasteiger partial charge in [-0.1, -0.05) is 18.2 Å². The van der Waals surface area contributed by atoms with Crippen molar-refractivity contribution in [2.24, 2.45) is 5.92 Å². The van der Waals surface area contributed by atoms with E-state index in [0.29, 0.717) is 50.9 Å². The molecule has 2 fully saturated rings. The fourth-order valence-electron chi connectivity index (χ4n) is 4.81. The predicted molar refractivity (Wildman–Crippen MR) is 125 cm³/mol. The van der Waals surface area contributed by atoms with Crippen LogP contribution in [0.4, 0.5) is 9.18 Å². The van der Waals surface area contributed by atoms with Crippen LogP contribution in [0.15, 0.2) is 35.9 Å². The monoisotopic (exact) mass is 458 g/mol. The molecule has 3 rings (SSSR count). The van der Waals surface area contributed by atoms with Crippen molar-refractivity contribution in [2.75, 3.05) is 40.3 Å². The van der Waals surface area contributed by atoms with E-state index in [9.17, 15) is 18.8 Å². The van der Waals surface area contributed by atoms with Crippen molar-refractivity contribution in [2.45, 2.75) is 45.1 Å². The first-order chi connectivity index (χ1) is 15.7. The normalized spacial score (nSPS) is 22.3. The molecule has 1 atom stereocenters. The number of hydrogen-bond donors (Lipinski definition) is 1. The van der Waals surface area contributed by atoms with Gasteiger partial charge in [0.1, 0.15) is 11.4 Å². The van der Waals surface area contributed by atoms with Gasteiger partial charge in [-0.15, -0.1) is 0 Å². The third-order valence-electron chi connectivity index (χ3n) is 6.83. The molecule has 1 aromatic rings. The van der Waals surface area contributed by atoms with Crippen LogP contribution in [0.1, 0.15) is 38.7 Å². The van der Waals surface area contributed by atoms with Crippen LogP contribution in [0.2, 0.25) is 0 Å². The van der Waals surface area contributed by atoms with Crippen LogP contribution in [0.5, 0.6) is 0 Å². The molecule has 0 saturated carbocycles. The van der Waals surface area contributed by atoms with Gasteiger partial charge in [0.25, 0.3) is 5.91 Å².